The number of carboxylic acid groups (broad SMARTS) is 1. The van der Waals surface area contributed by atoms with Crippen LogP contribution in [0.4, 0.5) is 0 Å². The molecule has 2 aromatic rings. The second-order valence-corrected chi connectivity index (χ2v) is 6.69. The molecule has 4 heteroatoms. The van der Waals surface area contributed by atoms with Crippen molar-refractivity contribution in [1.29, 1.82) is 0 Å². The van der Waals surface area contributed by atoms with Gasteiger partial charge in [0.25, 0.3) is 0 Å². The molecule has 0 unspecified atom stereocenters. The van der Waals surface area contributed by atoms with E-state index in [4.69, 9.17) is 10.1 Å². The SMILES string of the molecule is CCC1(Cn2c(C3CC3)nc3cc(C(=O)O)ccc32)CC1. The fraction of sp³-hybridized carbons (Fsp3) is 0.529. The van der Waals surface area contributed by atoms with E-state index in [-0.39, 0.29) is 0 Å². The molecule has 2 aliphatic rings. The number of rotatable bonds is 5. The van der Waals surface area contributed by atoms with E-state index >= 15 is 0 Å². The largest absolute Gasteiger partial charge is 0.478 e. The minimum atomic E-state index is -0.883. The molecule has 4 rings (SSSR count). The van der Waals surface area contributed by atoms with Gasteiger partial charge in [0.15, 0.2) is 0 Å². The predicted octanol–water partition coefficient (Wildman–Crippen LogP) is 3.80. The lowest BCUT2D eigenvalue weighted by atomic mass is 10.0. The van der Waals surface area contributed by atoms with Gasteiger partial charge in [0, 0.05) is 12.5 Å². The molecule has 0 atom stereocenters. The minimum Gasteiger partial charge on any atom is -0.478 e. The Hall–Kier alpha value is -1.84. The van der Waals surface area contributed by atoms with Gasteiger partial charge in [-0.15, -0.1) is 0 Å². The van der Waals surface area contributed by atoms with Crippen molar-refractivity contribution in [2.45, 2.75) is 51.5 Å². The van der Waals surface area contributed by atoms with Crippen molar-refractivity contribution in [3.05, 3.63) is 29.6 Å². The van der Waals surface area contributed by atoms with Crippen molar-refractivity contribution >= 4 is 17.0 Å². The summed E-state index contributed by atoms with van der Waals surface area (Å²) in [5.74, 6) is 0.872. The monoisotopic (exact) mass is 284 g/mol. The first-order valence-corrected chi connectivity index (χ1v) is 7.85. The average molecular weight is 284 g/mol. The van der Waals surface area contributed by atoms with Gasteiger partial charge in [0.05, 0.1) is 16.6 Å². The van der Waals surface area contributed by atoms with Gasteiger partial charge in [-0.2, -0.15) is 0 Å². The van der Waals surface area contributed by atoms with Crippen molar-refractivity contribution in [3.8, 4) is 0 Å². The summed E-state index contributed by atoms with van der Waals surface area (Å²) < 4.78 is 2.37. The van der Waals surface area contributed by atoms with Gasteiger partial charge in [-0.25, -0.2) is 9.78 Å². The van der Waals surface area contributed by atoms with Gasteiger partial charge >= 0.3 is 5.97 Å². The third kappa shape index (κ3) is 2.13. The number of aromatic carboxylic acids is 1. The Balaban J connectivity index is 1.82. The normalized spacial score (nSPS) is 19.9. The van der Waals surface area contributed by atoms with Gasteiger partial charge < -0.3 is 9.67 Å². The van der Waals surface area contributed by atoms with Crippen LogP contribution in [0.15, 0.2) is 18.2 Å². The zero-order valence-electron chi connectivity index (χ0n) is 12.3. The molecule has 0 saturated heterocycles. The molecule has 2 fully saturated rings. The smallest absolute Gasteiger partial charge is 0.335 e. The van der Waals surface area contributed by atoms with Crippen molar-refractivity contribution in [2.24, 2.45) is 5.41 Å². The van der Waals surface area contributed by atoms with Crippen molar-refractivity contribution in [3.63, 3.8) is 0 Å². The fourth-order valence-corrected chi connectivity index (χ4v) is 3.24. The molecular weight excluding hydrogens is 264 g/mol. The number of carboxylic acids is 1. The van der Waals surface area contributed by atoms with Crippen LogP contribution in [0.2, 0.25) is 0 Å². The van der Waals surface area contributed by atoms with E-state index in [0.29, 0.717) is 16.9 Å². The highest BCUT2D eigenvalue weighted by Crippen LogP contribution is 2.51. The lowest BCUT2D eigenvalue weighted by molar-refractivity contribution is 0.0697. The van der Waals surface area contributed by atoms with Crippen LogP contribution in [0.3, 0.4) is 0 Å². The second-order valence-electron chi connectivity index (χ2n) is 6.69. The van der Waals surface area contributed by atoms with Crippen molar-refractivity contribution < 1.29 is 9.90 Å². The molecule has 2 aliphatic carbocycles. The molecule has 2 saturated carbocycles. The summed E-state index contributed by atoms with van der Waals surface area (Å²) >= 11 is 0. The molecule has 110 valence electrons. The fourth-order valence-electron chi connectivity index (χ4n) is 3.24. The van der Waals surface area contributed by atoms with Gasteiger partial charge in [-0.1, -0.05) is 6.92 Å². The van der Waals surface area contributed by atoms with E-state index < -0.39 is 5.97 Å². The van der Waals surface area contributed by atoms with Gasteiger partial charge in [-0.05, 0) is 55.7 Å². The quantitative estimate of drug-likeness (QED) is 0.908. The zero-order chi connectivity index (χ0) is 14.6. The maximum absolute atomic E-state index is 11.1. The molecule has 4 nitrogen and oxygen atoms in total. The van der Waals surface area contributed by atoms with Crippen molar-refractivity contribution in [1.82, 2.24) is 9.55 Å². The van der Waals surface area contributed by atoms with Crippen LogP contribution in [-0.4, -0.2) is 20.6 Å². The standard InChI is InChI=1S/C17H20N2O2/c1-2-17(7-8-17)10-19-14-6-5-12(16(20)21)9-13(14)18-15(19)11-3-4-11/h5-6,9,11H,2-4,7-8,10H2,1H3,(H,20,21). The topological polar surface area (TPSA) is 55.1 Å². The highest BCUT2D eigenvalue weighted by Gasteiger charge is 2.42. The number of fused-ring (bicyclic) bond motifs is 1. The summed E-state index contributed by atoms with van der Waals surface area (Å²) in [5, 5.41) is 9.14. The molecule has 0 spiro atoms. The first-order valence-electron chi connectivity index (χ1n) is 7.85. The number of hydrogen-bond donors (Lipinski definition) is 1. The Labute approximate surface area is 123 Å². The maximum atomic E-state index is 11.1. The number of aromatic nitrogens is 2. The molecule has 1 heterocycles. The Morgan fingerprint density at radius 2 is 2.19 bits per heavy atom. The molecule has 21 heavy (non-hydrogen) atoms. The van der Waals surface area contributed by atoms with E-state index in [1.54, 1.807) is 12.1 Å². The summed E-state index contributed by atoms with van der Waals surface area (Å²) in [4.78, 5) is 15.9. The summed E-state index contributed by atoms with van der Waals surface area (Å²) in [6.45, 7) is 3.31. The Kier molecular flexibility index (Phi) is 2.65. The lowest BCUT2D eigenvalue weighted by Crippen LogP contribution is -2.13. The molecule has 1 aromatic heterocycles. The van der Waals surface area contributed by atoms with Crippen LogP contribution < -0.4 is 0 Å². The minimum absolute atomic E-state index is 0.325. The predicted molar refractivity (Wildman–Crippen MR) is 80.6 cm³/mol. The number of hydrogen-bond acceptors (Lipinski definition) is 2. The number of nitrogens with zero attached hydrogens (tertiary/aromatic N) is 2. The van der Waals surface area contributed by atoms with Gasteiger partial charge in [0.2, 0.25) is 0 Å². The van der Waals surface area contributed by atoms with Gasteiger partial charge in [0.1, 0.15) is 5.82 Å². The Morgan fingerprint density at radius 3 is 2.76 bits per heavy atom. The molecule has 1 aromatic carbocycles. The molecular formula is C17H20N2O2. The van der Waals surface area contributed by atoms with Crippen LogP contribution in [0.25, 0.3) is 11.0 Å². The number of imidazole rings is 1. The molecule has 0 aliphatic heterocycles. The van der Waals surface area contributed by atoms with E-state index in [0.717, 1.165) is 17.6 Å². The van der Waals surface area contributed by atoms with Crippen LogP contribution in [0, 0.1) is 5.41 Å². The van der Waals surface area contributed by atoms with Crippen LogP contribution in [0.1, 0.15) is 61.1 Å². The van der Waals surface area contributed by atoms with Crippen LogP contribution >= 0.6 is 0 Å². The maximum Gasteiger partial charge on any atom is 0.335 e. The average Bonchev–Trinajstić information content (AvgIpc) is 3.38. The van der Waals surface area contributed by atoms with E-state index in [9.17, 15) is 4.79 Å². The van der Waals surface area contributed by atoms with Crippen molar-refractivity contribution in [2.75, 3.05) is 0 Å². The highest BCUT2D eigenvalue weighted by atomic mass is 16.4. The third-order valence-electron chi connectivity index (χ3n) is 5.17. The van der Waals surface area contributed by atoms with Gasteiger partial charge in [-0.3, -0.25) is 0 Å². The molecule has 1 N–H and O–H groups in total. The highest BCUT2D eigenvalue weighted by molar-refractivity contribution is 5.92. The third-order valence-corrected chi connectivity index (χ3v) is 5.17. The van der Waals surface area contributed by atoms with E-state index in [1.165, 1.54) is 37.9 Å². The lowest BCUT2D eigenvalue weighted by Gasteiger charge is -2.16. The molecule has 0 amide bonds. The first kappa shape index (κ1) is 12.9. The Bertz CT molecular complexity index is 724. The molecule has 0 bridgehead atoms. The summed E-state index contributed by atoms with van der Waals surface area (Å²) in [6, 6.07) is 5.35. The first-order chi connectivity index (χ1) is 10.1. The summed E-state index contributed by atoms with van der Waals surface area (Å²) in [7, 11) is 0. The second kappa shape index (κ2) is 4.33. The van der Waals surface area contributed by atoms with E-state index in [1.807, 2.05) is 6.07 Å². The number of benzene rings is 1. The number of carbonyl (C=O) groups is 1. The molecule has 0 radical (unpaired) electrons. The van der Waals surface area contributed by atoms with E-state index in [2.05, 4.69) is 11.5 Å². The van der Waals surface area contributed by atoms with Crippen LogP contribution in [0.5, 0.6) is 0 Å². The summed E-state index contributed by atoms with van der Waals surface area (Å²) in [6.07, 6.45) is 6.26. The van der Waals surface area contributed by atoms with Crippen LogP contribution in [-0.2, 0) is 6.54 Å². The zero-order valence-corrected chi connectivity index (χ0v) is 12.3. The summed E-state index contributed by atoms with van der Waals surface area (Å²) in [5.41, 5.74) is 2.72. The Morgan fingerprint density at radius 1 is 1.43 bits per heavy atom.